The summed E-state index contributed by atoms with van der Waals surface area (Å²) in [6.07, 6.45) is 3.91. The van der Waals surface area contributed by atoms with Gasteiger partial charge in [0.1, 0.15) is 0 Å². The summed E-state index contributed by atoms with van der Waals surface area (Å²) >= 11 is 0. The first-order chi connectivity index (χ1) is 14.4. The highest BCUT2D eigenvalue weighted by Gasteiger charge is 2.35. The number of alkyl halides is 2. The molecular weight excluding hydrogens is 385 g/mol. The number of halogens is 3. The zero-order valence-corrected chi connectivity index (χ0v) is 17.3. The van der Waals surface area contributed by atoms with Crippen molar-refractivity contribution in [2.24, 2.45) is 0 Å². The van der Waals surface area contributed by atoms with Crippen LogP contribution < -0.4 is 4.74 Å². The number of unbranched alkanes of at least 4 members (excludes halogenated alkanes) is 2. The van der Waals surface area contributed by atoms with Gasteiger partial charge in [0.15, 0.2) is 11.6 Å². The normalized spacial score (nSPS) is 11.6. The van der Waals surface area contributed by atoms with E-state index in [0.29, 0.717) is 10.8 Å². The molecule has 0 fully saturated rings. The molecule has 0 spiro atoms. The van der Waals surface area contributed by atoms with Gasteiger partial charge in [-0.1, -0.05) is 56.2 Å². The van der Waals surface area contributed by atoms with Gasteiger partial charge in [-0.2, -0.15) is 8.78 Å². The lowest BCUT2D eigenvalue weighted by molar-refractivity contribution is -0.186. The summed E-state index contributed by atoms with van der Waals surface area (Å²) in [7, 11) is 0. The van der Waals surface area contributed by atoms with Crippen molar-refractivity contribution in [1.29, 1.82) is 0 Å². The summed E-state index contributed by atoms with van der Waals surface area (Å²) in [5, 5.41) is 1.30. The van der Waals surface area contributed by atoms with Crippen molar-refractivity contribution in [2.45, 2.75) is 51.6 Å². The molecule has 0 aromatic heterocycles. The second-order valence-corrected chi connectivity index (χ2v) is 7.56. The maximum absolute atomic E-state index is 14.7. The second-order valence-electron chi connectivity index (χ2n) is 7.56. The van der Waals surface area contributed by atoms with Gasteiger partial charge in [-0.05, 0) is 71.8 Å². The zero-order valence-electron chi connectivity index (χ0n) is 17.3. The molecule has 0 unspecified atom stereocenters. The van der Waals surface area contributed by atoms with Crippen molar-refractivity contribution in [2.75, 3.05) is 0 Å². The predicted molar refractivity (Wildman–Crippen MR) is 117 cm³/mol. The second kappa shape index (κ2) is 9.84. The molecule has 158 valence electrons. The molecule has 0 radical (unpaired) electrons. The van der Waals surface area contributed by atoms with Crippen molar-refractivity contribution in [3.05, 3.63) is 89.8 Å². The Morgan fingerprint density at radius 3 is 2.33 bits per heavy atom. The molecule has 0 N–H and O–H groups in total. The summed E-state index contributed by atoms with van der Waals surface area (Å²) in [5.41, 5.74) is 1.76. The highest BCUT2D eigenvalue weighted by molar-refractivity contribution is 5.84. The minimum absolute atomic E-state index is 0.291. The lowest BCUT2D eigenvalue weighted by Crippen LogP contribution is -2.22. The molecular formula is C26H27F3O. The average Bonchev–Trinajstić information content (AvgIpc) is 2.73. The Balaban J connectivity index is 1.78. The SMILES string of the molecule is C=CCCc1ccc2cc(OC(F)(F)c3ccc(CCCCC)cc3)c(F)cc2c1. The van der Waals surface area contributed by atoms with Crippen LogP contribution in [0, 0.1) is 5.82 Å². The first-order valence-corrected chi connectivity index (χ1v) is 10.4. The van der Waals surface area contributed by atoms with Gasteiger partial charge >= 0.3 is 6.11 Å². The zero-order chi connectivity index (χ0) is 21.6. The minimum atomic E-state index is -3.62. The third kappa shape index (κ3) is 5.44. The highest BCUT2D eigenvalue weighted by atomic mass is 19.3. The predicted octanol–water partition coefficient (Wildman–Crippen LogP) is 7.96. The fourth-order valence-electron chi connectivity index (χ4n) is 3.44. The molecule has 0 saturated heterocycles. The number of aryl methyl sites for hydroxylation is 2. The van der Waals surface area contributed by atoms with E-state index in [0.717, 1.165) is 49.7 Å². The van der Waals surface area contributed by atoms with Crippen LogP contribution in [0.4, 0.5) is 13.2 Å². The van der Waals surface area contributed by atoms with Gasteiger partial charge in [0.05, 0.1) is 5.56 Å². The fourth-order valence-corrected chi connectivity index (χ4v) is 3.44. The van der Waals surface area contributed by atoms with Gasteiger partial charge in [0.2, 0.25) is 0 Å². The number of hydrogen-bond acceptors (Lipinski definition) is 1. The fraction of sp³-hybridized carbons (Fsp3) is 0.308. The minimum Gasteiger partial charge on any atom is -0.426 e. The maximum Gasteiger partial charge on any atom is 0.426 e. The summed E-state index contributed by atoms with van der Waals surface area (Å²) in [6, 6.07) is 14.2. The van der Waals surface area contributed by atoms with Crippen molar-refractivity contribution >= 4 is 10.8 Å². The molecule has 0 bridgehead atoms. The Kier molecular flexibility index (Phi) is 7.20. The largest absolute Gasteiger partial charge is 0.426 e. The van der Waals surface area contributed by atoms with E-state index in [-0.39, 0.29) is 5.56 Å². The van der Waals surface area contributed by atoms with E-state index in [2.05, 4.69) is 13.5 Å². The smallest absolute Gasteiger partial charge is 0.426 e. The molecule has 0 aliphatic carbocycles. The Morgan fingerprint density at radius 1 is 0.900 bits per heavy atom. The maximum atomic E-state index is 14.7. The lowest BCUT2D eigenvalue weighted by Gasteiger charge is -2.19. The summed E-state index contributed by atoms with van der Waals surface area (Å²) in [6.45, 7) is 5.82. The Morgan fingerprint density at radius 2 is 1.63 bits per heavy atom. The highest BCUT2D eigenvalue weighted by Crippen LogP contribution is 2.35. The van der Waals surface area contributed by atoms with Gasteiger partial charge in [-0.25, -0.2) is 4.39 Å². The molecule has 3 aromatic carbocycles. The third-order valence-electron chi connectivity index (χ3n) is 5.19. The van der Waals surface area contributed by atoms with Gasteiger partial charge in [-0.3, -0.25) is 0 Å². The Bertz CT molecular complexity index is 993. The molecule has 1 nitrogen and oxygen atoms in total. The molecule has 0 heterocycles. The van der Waals surface area contributed by atoms with E-state index in [1.54, 1.807) is 18.2 Å². The first kappa shape index (κ1) is 21.9. The molecule has 0 amide bonds. The number of ether oxygens (including phenoxy) is 1. The van der Waals surface area contributed by atoms with E-state index in [9.17, 15) is 13.2 Å². The van der Waals surface area contributed by atoms with Crippen molar-refractivity contribution in [3.8, 4) is 5.75 Å². The summed E-state index contributed by atoms with van der Waals surface area (Å²) in [4.78, 5) is 0. The van der Waals surface area contributed by atoms with E-state index in [1.807, 2.05) is 18.2 Å². The van der Waals surface area contributed by atoms with Gasteiger partial charge in [0, 0.05) is 0 Å². The number of fused-ring (bicyclic) bond motifs is 1. The number of benzene rings is 3. The van der Waals surface area contributed by atoms with Gasteiger partial charge < -0.3 is 4.74 Å². The monoisotopic (exact) mass is 412 g/mol. The van der Waals surface area contributed by atoms with Crippen LogP contribution in [0.5, 0.6) is 5.75 Å². The van der Waals surface area contributed by atoms with Crippen LogP contribution in [0.15, 0.2) is 67.3 Å². The standard InChI is InChI=1S/C26H27F3O/c1-3-5-7-9-19-11-14-23(15-12-19)26(28,29)30-25-18-21-13-10-20(8-6-4-2)16-22(21)17-24(25)27/h4,10-18H,2-3,5-9H2,1H3. The van der Waals surface area contributed by atoms with E-state index < -0.39 is 17.7 Å². The third-order valence-corrected chi connectivity index (χ3v) is 5.19. The molecule has 3 rings (SSSR count). The van der Waals surface area contributed by atoms with Crippen LogP contribution in [0.3, 0.4) is 0 Å². The summed E-state index contributed by atoms with van der Waals surface area (Å²) < 4.78 is 48.7. The molecule has 0 atom stereocenters. The van der Waals surface area contributed by atoms with Crippen LogP contribution in [0.2, 0.25) is 0 Å². The average molecular weight is 412 g/mol. The van der Waals surface area contributed by atoms with Gasteiger partial charge in [-0.15, -0.1) is 6.58 Å². The van der Waals surface area contributed by atoms with E-state index in [4.69, 9.17) is 4.74 Å². The van der Waals surface area contributed by atoms with Crippen LogP contribution in [-0.4, -0.2) is 0 Å². The quantitative estimate of drug-likeness (QED) is 0.242. The molecule has 4 heteroatoms. The number of hydrogen-bond donors (Lipinski definition) is 0. The lowest BCUT2D eigenvalue weighted by atomic mass is 10.0. The number of rotatable bonds is 10. The van der Waals surface area contributed by atoms with Crippen LogP contribution in [0.1, 0.15) is 49.3 Å². The Hall–Kier alpha value is -2.75. The molecule has 0 aliphatic heterocycles. The van der Waals surface area contributed by atoms with E-state index in [1.165, 1.54) is 24.3 Å². The van der Waals surface area contributed by atoms with Crippen LogP contribution in [-0.2, 0) is 19.0 Å². The first-order valence-electron chi connectivity index (χ1n) is 10.4. The van der Waals surface area contributed by atoms with Crippen molar-refractivity contribution < 1.29 is 17.9 Å². The molecule has 0 aliphatic rings. The van der Waals surface area contributed by atoms with Crippen LogP contribution >= 0.6 is 0 Å². The van der Waals surface area contributed by atoms with Crippen LogP contribution in [0.25, 0.3) is 10.8 Å². The summed E-state index contributed by atoms with van der Waals surface area (Å²) in [5.74, 6) is -1.27. The van der Waals surface area contributed by atoms with E-state index >= 15 is 0 Å². The number of allylic oxidation sites excluding steroid dienone is 1. The van der Waals surface area contributed by atoms with Crippen molar-refractivity contribution in [1.82, 2.24) is 0 Å². The topological polar surface area (TPSA) is 9.23 Å². The molecule has 30 heavy (non-hydrogen) atoms. The molecule has 3 aromatic rings. The van der Waals surface area contributed by atoms with Crippen molar-refractivity contribution in [3.63, 3.8) is 0 Å². The Labute approximate surface area is 176 Å². The molecule has 0 saturated carbocycles. The van der Waals surface area contributed by atoms with Gasteiger partial charge in [0.25, 0.3) is 0 Å².